The van der Waals surface area contributed by atoms with E-state index >= 15 is 0 Å². The highest BCUT2D eigenvalue weighted by molar-refractivity contribution is 5.98. The highest BCUT2D eigenvalue weighted by atomic mass is 16.2. The van der Waals surface area contributed by atoms with Crippen LogP contribution in [-0.4, -0.2) is 34.7 Å². The lowest BCUT2D eigenvalue weighted by atomic mass is 10.1. The summed E-state index contributed by atoms with van der Waals surface area (Å²) in [6.45, 7) is 1.96. The Balaban J connectivity index is 1.94. The Kier molecular flexibility index (Phi) is 4.14. The number of nitrogens with zero attached hydrogens (tertiary/aromatic N) is 2. The Morgan fingerprint density at radius 2 is 1.91 bits per heavy atom. The molecule has 23 heavy (non-hydrogen) atoms. The summed E-state index contributed by atoms with van der Waals surface area (Å²) in [5.74, 6) is -0.484. The number of rotatable bonds is 5. The molecular formula is C17H20N4O2. The van der Waals surface area contributed by atoms with E-state index in [9.17, 15) is 9.59 Å². The molecule has 1 aliphatic carbocycles. The molecule has 6 nitrogen and oxygen atoms in total. The van der Waals surface area contributed by atoms with Crippen molar-refractivity contribution in [1.29, 1.82) is 0 Å². The maximum Gasteiger partial charge on any atom is 0.272 e. The predicted molar refractivity (Wildman–Crippen MR) is 86.4 cm³/mol. The fourth-order valence-corrected chi connectivity index (χ4v) is 2.46. The van der Waals surface area contributed by atoms with Gasteiger partial charge >= 0.3 is 0 Å². The van der Waals surface area contributed by atoms with Gasteiger partial charge in [-0.3, -0.25) is 14.3 Å². The van der Waals surface area contributed by atoms with Gasteiger partial charge in [0.15, 0.2) is 5.69 Å². The third-order valence-electron chi connectivity index (χ3n) is 3.99. The zero-order chi connectivity index (χ0) is 16.4. The second-order valence-electron chi connectivity index (χ2n) is 5.77. The van der Waals surface area contributed by atoms with Crippen molar-refractivity contribution in [2.45, 2.75) is 31.8 Å². The highest BCUT2D eigenvalue weighted by Crippen LogP contribution is 2.22. The maximum atomic E-state index is 12.2. The second kappa shape index (κ2) is 6.24. The molecule has 1 aromatic heterocycles. The van der Waals surface area contributed by atoms with Gasteiger partial charge in [0.1, 0.15) is 5.69 Å². The van der Waals surface area contributed by atoms with Crippen molar-refractivity contribution < 1.29 is 9.59 Å². The van der Waals surface area contributed by atoms with Gasteiger partial charge in [-0.1, -0.05) is 30.3 Å². The summed E-state index contributed by atoms with van der Waals surface area (Å²) < 4.78 is 1.61. The largest absolute Gasteiger partial charge is 0.354 e. The lowest BCUT2D eigenvalue weighted by Crippen LogP contribution is -2.26. The smallest absolute Gasteiger partial charge is 0.272 e. The number of aromatic nitrogens is 2. The predicted octanol–water partition coefficient (Wildman–Crippen LogP) is 1.74. The van der Waals surface area contributed by atoms with E-state index in [-0.39, 0.29) is 29.6 Å². The van der Waals surface area contributed by atoms with E-state index < -0.39 is 0 Å². The zero-order valence-corrected chi connectivity index (χ0v) is 13.2. The first kappa shape index (κ1) is 15.3. The molecule has 1 heterocycles. The quantitative estimate of drug-likeness (QED) is 0.883. The molecule has 1 aromatic carbocycles. The van der Waals surface area contributed by atoms with Crippen molar-refractivity contribution in [3.63, 3.8) is 0 Å². The normalized spacial score (nSPS) is 15.0. The molecule has 0 bridgehead atoms. The minimum absolute atomic E-state index is 0.147. The first-order valence-electron chi connectivity index (χ1n) is 7.77. The molecule has 2 aromatic rings. The number of hydrogen-bond acceptors (Lipinski definition) is 3. The van der Waals surface area contributed by atoms with E-state index in [4.69, 9.17) is 0 Å². The number of nitrogens with one attached hydrogen (secondary N) is 2. The van der Waals surface area contributed by atoms with E-state index in [2.05, 4.69) is 15.7 Å². The molecule has 0 aliphatic heterocycles. The molecule has 1 saturated carbocycles. The molecule has 0 saturated heterocycles. The molecule has 3 rings (SSSR count). The minimum atomic E-state index is -0.259. The van der Waals surface area contributed by atoms with Crippen LogP contribution >= 0.6 is 0 Å². The summed E-state index contributed by atoms with van der Waals surface area (Å²) in [5, 5.41) is 9.88. The van der Waals surface area contributed by atoms with Crippen LogP contribution in [0.15, 0.2) is 36.4 Å². The average Bonchev–Trinajstić information content (AvgIpc) is 3.28. The number of hydrogen-bond donors (Lipinski definition) is 2. The van der Waals surface area contributed by atoms with Gasteiger partial charge in [0.2, 0.25) is 0 Å². The maximum absolute atomic E-state index is 12.2. The first-order valence-corrected chi connectivity index (χ1v) is 7.77. The number of carbonyl (C=O) groups excluding carboxylic acids is 2. The molecule has 1 aliphatic rings. The Morgan fingerprint density at radius 1 is 1.22 bits per heavy atom. The van der Waals surface area contributed by atoms with Crippen LogP contribution in [0, 0.1) is 0 Å². The first-order chi connectivity index (χ1) is 11.1. The third-order valence-corrected chi connectivity index (χ3v) is 3.99. The molecule has 2 amide bonds. The standard InChI is InChI=1S/C17H20N4O2/c1-11(12-6-4-3-5-7-12)21-15(17(23)18-2)10-14(20-21)16(22)19-13-8-9-13/h3-7,10-11,13H,8-9H2,1-2H3,(H,18,23)(H,19,22). The monoisotopic (exact) mass is 312 g/mol. The van der Waals surface area contributed by atoms with E-state index in [1.54, 1.807) is 17.8 Å². The molecule has 2 N–H and O–H groups in total. The summed E-state index contributed by atoms with van der Waals surface area (Å²) in [5.41, 5.74) is 1.68. The van der Waals surface area contributed by atoms with E-state index in [1.807, 2.05) is 37.3 Å². The van der Waals surface area contributed by atoms with Crippen LogP contribution in [0.25, 0.3) is 0 Å². The van der Waals surface area contributed by atoms with Gasteiger partial charge in [-0.25, -0.2) is 0 Å². The van der Waals surface area contributed by atoms with Crippen molar-refractivity contribution in [2.75, 3.05) is 7.05 Å². The third kappa shape index (κ3) is 3.26. The molecule has 1 unspecified atom stereocenters. The molecular weight excluding hydrogens is 292 g/mol. The lowest BCUT2D eigenvalue weighted by Gasteiger charge is -2.15. The molecule has 120 valence electrons. The van der Waals surface area contributed by atoms with Gasteiger partial charge in [-0.2, -0.15) is 5.10 Å². The fraction of sp³-hybridized carbons (Fsp3) is 0.353. The van der Waals surface area contributed by atoms with Crippen molar-refractivity contribution in [3.8, 4) is 0 Å². The molecule has 6 heteroatoms. The summed E-state index contributed by atoms with van der Waals surface area (Å²) in [6.07, 6.45) is 2.02. The molecule has 0 radical (unpaired) electrons. The van der Waals surface area contributed by atoms with E-state index in [0.717, 1.165) is 18.4 Å². The van der Waals surface area contributed by atoms with E-state index in [0.29, 0.717) is 5.69 Å². The minimum Gasteiger partial charge on any atom is -0.354 e. The van der Waals surface area contributed by atoms with Crippen molar-refractivity contribution in [3.05, 3.63) is 53.3 Å². The van der Waals surface area contributed by atoms with Gasteiger partial charge < -0.3 is 10.6 Å². The van der Waals surface area contributed by atoms with Crippen LogP contribution < -0.4 is 10.6 Å². The number of carbonyl (C=O) groups is 2. The van der Waals surface area contributed by atoms with Gasteiger partial charge in [0.25, 0.3) is 11.8 Å². The van der Waals surface area contributed by atoms with Crippen LogP contribution in [0.4, 0.5) is 0 Å². The summed E-state index contributed by atoms with van der Waals surface area (Å²) in [7, 11) is 1.57. The topological polar surface area (TPSA) is 76.0 Å². The van der Waals surface area contributed by atoms with Crippen LogP contribution in [0.2, 0.25) is 0 Å². The molecule has 1 fully saturated rings. The van der Waals surface area contributed by atoms with Crippen LogP contribution in [0.5, 0.6) is 0 Å². The van der Waals surface area contributed by atoms with Gasteiger partial charge in [-0.05, 0) is 25.3 Å². The Labute approximate surface area is 134 Å². The zero-order valence-electron chi connectivity index (χ0n) is 13.2. The fourth-order valence-electron chi connectivity index (χ4n) is 2.46. The summed E-state index contributed by atoms with van der Waals surface area (Å²) >= 11 is 0. The number of amides is 2. The van der Waals surface area contributed by atoms with Crippen molar-refractivity contribution in [2.24, 2.45) is 0 Å². The summed E-state index contributed by atoms with van der Waals surface area (Å²) in [4.78, 5) is 24.3. The lowest BCUT2D eigenvalue weighted by molar-refractivity contribution is 0.0939. The summed E-state index contributed by atoms with van der Waals surface area (Å²) in [6, 6.07) is 11.4. The SMILES string of the molecule is CNC(=O)c1cc(C(=O)NC2CC2)nn1C(C)c1ccccc1. The van der Waals surface area contributed by atoms with Crippen molar-refractivity contribution in [1.82, 2.24) is 20.4 Å². The van der Waals surface area contributed by atoms with Gasteiger partial charge in [0, 0.05) is 19.2 Å². The average molecular weight is 312 g/mol. The number of benzene rings is 1. The Hall–Kier alpha value is -2.63. The van der Waals surface area contributed by atoms with Crippen molar-refractivity contribution >= 4 is 11.8 Å². The van der Waals surface area contributed by atoms with Gasteiger partial charge in [-0.15, -0.1) is 0 Å². The Morgan fingerprint density at radius 3 is 2.52 bits per heavy atom. The second-order valence-corrected chi connectivity index (χ2v) is 5.77. The molecule has 0 spiro atoms. The van der Waals surface area contributed by atoms with Crippen LogP contribution in [-0.2, 0) is 0 Å². The highest BCUT2D eigenvalue weighted by Gasteiger charge is 2.27. The van der Waals surface area contributed by atoms with E-state index in [1.165, 1.54) is 0 Å². The molecule has 1 atom stereocenters. The van der Waals surface area contributed by atoms with Crippen LogP contribution in [0.3, 0.4) is 0 Å². The van der Waals surface area contributed by atoms with Gasteiger partial charge in [0.05, 0.1) is 6.04 Å². The Bertz CT molecular complexity index is 719. The van der Waals surface area contributed by atoms with Crippen LogP contribution in [0.1, 0.15) is 52.3 Å².